The summed E-state index contributed by atoms with van der Waals surface area (Å²) < 4.78 is 5.42. The molecule has 2 fully saturated rings. The SMILES string of the molecule is COc1ccc2c(c1)C1(C[C@H]1c1ccc3c(/C=C/c4ccc(N5CCNCC5)nc4)n[nH]c3c1)C(=O)N2. The van der Waals surface area contributed by atoms with Gasteiger partial charge in [-0.05, 0) is 65.6 Å². The average Bonchev–Trinajstić information content (AvgIpc) is 3.49. The summed E-state index contributed by atoms with van der Waals surface area (Å²) >= 11 is 0. The van der Waals surface area contributed by atoms with Crippen LogP contribution in [0.5, 0.6) is 5.75 Å². The van der Waals surface area contributed by atoms with Crippen LogP contribution in [0.4, 0.5) is 11.5 Å². The molecular weight excluding hydrogens is 464 g/mol. The summed E-state index contributed by atoms with van der Waals surface area (Å²) in [6.45, 7) is 3.95. The lowest BCUT2D eigenvalue weighted by molar-refractivity contribution is -0.118. The number of nitrogens with one attached hydrogen (secondary N) is 3. The van der Waals surface area contributed by atoms with Crippen LogP contribution >= 0.6 is 0 Å². The third kappa shape index (κ3) is 3.59. The van der Waals surface area contributed by atoms with Crippen LogP contribution in [-0.2, 0) is 10.2 Å². The molecule has 0 radical (unpaired) electrons. The number of piperazine rings is 1. The Morgan fingerprint density at radius 3 is 2.78 bits per heavy atom. The topological polar surface area (TPSA) is 95.2 Å². The third-order valence-electron chi connectivity index (χ3n) is 7.99. The van der Waals surface area contributed by atoms with Gasteiger partial charge in [0.05, 0.1) is 23.7 Å². The number of hydrogen-bond donors (Lipinski definition) is 3. The Labute approximate surface area is 214 Å². The standard InChI is InChI=1S/C29H28N6O2/c1-37-20-5-8-25-22(15-20)29(28(36)32-25)16-23(29)19-4-6-21-24(33-34-26(21)14-19)7-2-18-3-9-27(31-17-18)35-12-10-30-11-13-35/h2-9,14-15,17,23,30H,10-13,16H2,1H3,(H,32,36)(H,33,34)/b7-2+/t23-,29?/m0/s1. The van der Waals surface area contributed by atoms with Crippen molar-refractivity contribution >= 4 is 40.5 Å². The van der Waals surface area contributed by atoms with E-state index in [1.54, 1.807) is 7.11 Å². The Bertz CT molecular complexity index is 1540. The number of anilines is 2. The second-order valence-electron chi connectivity index (χ2n) is 10.0. The fourth-order valence-electron chi connectivity index (χ4n) is 5.85. The summed E-state index contributed by atoms with van der Waals surface area (Å²) in [5.74, 6) is 2.00. The maximum Gasteiger partial charge on any atom is 0.235 e. The van der Waals surface area contributed by atoms with E-state index in [0.717, 1.165) is 83.1 Å². The molecule has 8 nitrogen and oxygen atoms in total. The molecule has 1 aliphatic carbocycles. The lowest BCUT2D eigenvalue weighted by Gasteiger charge is -2.28. The average molecular weight is 493 g/mol. The first-order chi connectivity index (χ1) is 18.2. The molecule has 3 N–H and O–H groups in total. The molecule has 2 atom stereocenters. The van der Waals surface area contributed by atoms with Crippen LogP contribution in [0.3, 0.4) is 0 Å². The van der Waals surface area contributed by atoms with Crippen molar-refractivity contribution in [3.8, 4) is 5.75 Å². The van der Waals surface area contributed by atoms with E-state index in [4.69, 9.17) is 4.74 Å². The monoisotopic (exact) mass is 492 g/mol. The van der Waals surface area contributed by atoms with Gasteiger partial charge in [-0.25, -0.2) is 4.98 Å². The van der Waals surface area contributed by atoms with Gasteiger partial charge in [0.15, 0.2) is 0 Å². The van der Waals surface area contributed by atoms with E-state index in [1.165, 1.54) is 0 Å². The fraction of sp³-hybridized carbons (Fsp3) is 0.276. The number of carbonyl (C=O) groups is 1. The number of rotatable bonds is 5. The van der Waals surface area contributed by atoms with Crippen LogP contribution in [0.15, 0.2) is 54.7 Å². The van der Waals surface area contributed by atoms with Gasteiger partial charge < -0.3 is 20.3 Å². The zero-order valence-electron chi connectivity index (χ0n) is 20.6. The summed E-state index contributed by atoms with van der Waals surface area (Å²) in [6, 6.07) is 16.4. The van der Waals surface area contributed by atoms with Crippen molar-refractivity contribution < 1.29 is 9.53 Å². The Kier molecular flexibility index (Phi) is 5.04. The third-order valence-corrected chi connectivity index (χ3v) is 7.99. The number of aromatic nitrogens is 3. The number of pyridine rings is 1. The first kappa shape index (κ1) is 22.1. The number of methoxy groups -OCH3 is 1. The highest BCUT2D eigenvalue weighted by Gasteiger charge is 2.65. The maximum atomic E-state index is 13.0. The van der Waals surface area contributed by atoms with Gasteiger partial charge in [0.2, 0.25) is 5.91 Å². The summed E-state index contributed by atoms with van der Waals surface area (Å²) in [5.41, 5.74) is 5.44. The van der Waals surface area contributed by atoms with Gasteiger partial charge in [-0.2, -0.15) is 5.10 Å². The first-order valence-electron chi connectivity index (χ1n) is 12.7. The Hall–Kier alpha value is -4.17. The molecule has 8 heteroatoms. The van der Waals surface area contributed by atoms with E-state index < -0.39 is 5.41 Å². The Morgan fingerprint density at radius 2 is 1.97 bits per heavy atom. The fourth-order valence-corrected chi connectivity index (χ4v) is 5.85. The van der Waals surface area contributed by atoms with Crippen LogP contribution < -0.4 is 20.3 Å². The van der Waals surface area contributed by atoms with Crippen LogP contribution in [0.1, 0.15) is 34.7 Å². The van der Waals surface area contributed by atoms with Gasteiger partial charge in [0.25, 0.3) is 0 Å². The highest BCUT2D eigenvalue weighted by atomic mass is 16.5. The summed E-state index contributed by atoms with van der Waals surface area (Å²) in [5, 5.41) is 15.2. The van der Waals surface area contributed by atoms with E-state index in [2.05, 4.69) is 61.0 Å². The van der Waals surface area contributed by atoms with E-state index in [9.17, 15) is 4.79 Å². The predicted molar refractivity (Wildman–Crippen MR) is 145 cm³/mol. The minimum Gasteiger partial charge on any atom is -0.497 e. The van der Waals surface area contributed by atoms with Crippen molar-refractivity contribution in [1.29, 1.82) is 0 Å². The zero-order valence-corrected chi connectivity index (χ0v) is 20.6. The van der Waals surface area contributed by atoms with Gasteiger partial charge in [-0.1, -0.05) is 18.2 Å². The normalized spacial score (nSPS) is 22.6. The molecule has 4 heterocycles. The number of carbonyl (C=O) groups excluding carboxylic acids is 1. The van der Waals surface area contributed by atoms with Gasteiger partial charge in [0, 0.05) is 49.4 Å². The van der Waals surface area contributed by atoms with E-state index in [-0.39, 0.29) is 11.8 Å². The minimum absolute atomic E-state index is 0.0747. The van der Waals surface area contributed by atoms with Gasteiger partial charge in [0.1, 0.15) is 11.6 Å². The predicted octanol–water partition coefficient (Wildman–Crippen LogP) is 3.92. The molecule has 4 aromatic rings. The van der Waals surface area contributed by atoms with Gasteiger partial charge in [-0.3, -0.25) is 9.89 Å². The van der Waals surface area contributed by atoms with Crippen molar-refractivity contribution in [3.05, 3.63) is 77.1 Å². The number of fused-ring (bicyclic) bond motifs is 3. The molecule has 2 aromatic heterocycles. The number of aromatic amines is 1. The molecule has 1 unspecified atom stereocenters. The lowest BCUT2D eigenvalue weighted by atomic mass is 9.91. The molecule has 1 amide bonds. The second-order valence-corrected chi connectivity index (χ2v) is 10.0. The highest BCUT2D eigenvalue weighted by molar-refractivity contribution is 6.10. The number of ether oxygens (including phenoxy) is 1. The molecule has 2 aromatic carbocycles. The van der Waals surface area contributed by atoms with Crippen LogP contribution in [0, 0.1) is 0 Å². The number of hydrogen-bond acceptors (Lipinski definition) is 6. The van der Waals surface area contributed by atoms with E-state index in [1.807, 2.05) is 36.5 Å². The van der Waals surface area contributed by atoms with Crippen LogP contribution in [-0.4, -0.2) is 54.4 Å². The molecule has 3 aliphatic rings. The Morgan fingerprint density at radius 1 is 1.08 bits per heavy atom. The van der Waals surface area contributed by atoms with E-state index >= 15 is 0 Å². The smallest absolute Gasteiger partial charge is 0.235 e. The van der Waals surface area contributed by atoms with Crippen molar-refractivity contribution in [1.82, 2.24) is 20.5 Å². The largest absolute Gasteiger partial charge is 0.497 e. The first-order valence-corrected chi connectivity index (χ1v) is 12.7. The molecule has 1 saturated carbocycles. The maximum absolute atomic E-state index is 13.0. The summed E-state index contributed by atoms with van der Waals surface area (Å²) in [7, 11) is 1.65. The summed E-state index contributed by atoms with van der Waals surface area (Å²) in [4.78, 5) is 20.0. The molecule has 0 bridgehead atoms. The van der Waals surface area contributed by atoms with Crippen molar-refractivity contribution in [2.24, 2.45) is 0 Å². The number of H-pyrrole nitrogens is 1. The van der Waals surface area contributed by atoms with E-state index in [0.29, 0.717) is 0 Å². The van der Waals surface area contributed by atoms with Crippen molar-refractivity contribution in [3.63, 3.8) is 0 Å². The number of amides is 1. The minimum atomic E-state index is -0.510. The number of benzene rings is 2. The van der Waals surface area contributed by atoms with Gasteiger partial charge in [-0.15, -0.1) is 0 Å². The molecule has 1 saturated heterocycles. The molecular formula is C29H28N6O2. The zero-order chi connectivity index (χ0) is 25.0. The molecule has 1 spiro atoms. The lowest BCUT2D eigenvalue weighted by Crippen LogP contribution is -2.43. The Balaban J connectivity index is 1.11. The van der Waals surface area contributed by atoms with Crippen LogP contribution in [0.25, 0.3) is 23.1 Å². The van der Waals surface area contributed by atoms with Crippen molar-refractivity contribution in [2.75, 3.05) is 43.5 Å². The quantitative estimate of drug-likeness (QED) is 0.391. The summed E-state index contributed by atoms with van der Waals surface area (Å²) in [6.07, 6.45) is 6.77. The molecule has 37 heavy (non-hydrogen) atoms. The van der Waals surface area contributed by atoms with Crippen LogP contribution in [0.2, 0.25) is 0 Å². The van der Waals surface area contributed by atoms with Crippen molar-refractivity contribution in [2.45, 2.75) is 17.8 Å². The van der Waals surface area contributed by atoms with Gasteiger partial charge >= 0.3 is 0 Å². The molecule has 186 valence electrons. The highest BCUT2D eigenvalue weighted by Crippen LogP contribution is 2.65. The number of nitrogens with zero attached hydrogens (tertiary/aromatic N) is 3. The molecule has 2 aliphatic heterocycles. The molecule has 7 rings (SSSR count). The second kappa shape index (κ2) is 8.45.